The zero-order valence-electron chi connectivity index (χ0n) is 17.3. The maximum atomic E-state index is 12.9. The van der Waals surface area contributed by atoms with Crippen LogP contribution in [0.3, 0.4) is 0 Å². The van der Waals surface area contributed by atoms with E-state index in [0.29, 0.717) is 5.56 Å². The zero-order valence-corrected chi connectivity index (χ0v) is 18.9. The summed E-state index contributed by atoms with van der Waals surface area (Å²) in [7, 11) is -2.79. The Morgan fingerprint density at radius 2 is 1.76 bits per heavy atom. The van der Waals surface area contributed by atoms with Gasteiger partial charge in [-0.15, -0.1) is 0 Å². The van der Waals surface area contributed by atoms with Crippen molar-refractivity contribution in [3.63, 3.8) is 0 Å². The number of sulfonamides is 1. The number of ether oxygens (including phenoxy) is 1. The second-order valence-electron chi connectivity index (χ2n) is 6.96. The summed E-state index contributed by atoms with van der Waals surface area (Å²) in [5.41, 5.74) is -0.495. The largest absolute Gasteiger partial charge is 0.495 e. The van der Waals surface area contributed by atoms with Gasteiger partial charge in [0.05, 0.1) is 23.3 Å². The van der Waals surface area contributed by atoms with Crippen molar-refractivity contribution in [3.8, 4) is 5.75 Å². The lowest BCUT2D eigenvalue weighted by Crippen LogP contribution is -2.17. The molecule has 0 aromatic heterocycles. The van der Waals surface area contributed by atoms with Crippen molar-refractivity contribution in [3.05, 3.63) is 82.4 Å². The standard InChI is InChI=1S/C22H18ClF3N2O4S/c1-13-6-8-17(33(30,31)28-19-11-15(23)7-9-20(19)32-2)12-18(13)21(29)27-16-5-3-4-14(10-16)22(24,25)26/h3-12,28H,1-2H3,(H,27,29). The van der Waals surface area contributed by atoms with E-state index in [0.717, 1.165) is 24.3 Å². The zero-order chi connectivity index (χ0) is 24.4. The van der Waals surface area contributed by atoms with Crippen LogP contribution < -0.4 is 14.8 Å². The average molecular weight is 499 g/mol. The van der Waals surface area contributed by atoms with Gasteiger partial charge in [-0.3, -0.25) is 9.52 Å². The number of amides is 1. The number of alkyl halides is 3. The van der Waals surface area contributed by atoms with Crippen LogP contribution >= 0.6 is 11.6 Å². The summed E-state index contributed by atoms with van der Waals surface area (Å²) in [6.45, 7) is 1.57. The monoisotopic (exact) mass is 498 g/mol. The number of methoxy groups -OCH3 is 1. The fraction of sp³-hybridized carbons (Fsp3) is 0.136. The van der Waals surface area contributed by atoms with Crippen LogP contribution in [0.5, 0.6) is 5.75 Å². The van der Waals surface area contributed by atoms with Gasteiger partial charge in [0.15, 0.2) is 0 Å². The molecule has 174 valence electrons. The van der Waals surface area contributed by atoms with Crippen molar-refractivity contribution in [2.24, 2.45) is 0 Å². The van der Waals surface area contributed by atoms with Crippen molar-refractivity contribution in [2.75, 3.05) is 17.1 Å². The van der Waals surface area contributed by atoms with Gasteiger partial charge in [-0.05, 0) is 61.0 Å². The quantitative estimate of drug-likeness (QED) is 0.454. The molecule has 0 bridgehead atoms. The highest BCUT2D eigenvalue weighted by Gasteiger charge is 2.30. The highest BCUT2D eigenvalue weighted by Crippen LogP contribution is 2.32. The first-order valence-corrected chi connectivity index (χ1v) is 11.2. The molecule has 0 heterocycles. The summed E-state index contributed by atoms with van der Waals surface area (Å²) in [6.07, 6.45) is -4.57. The number of rotatable bonds is 6. The summed E-state index contributed by atoms with van der Waals surface area (Å²) in [6, 6.07) is 12.4. The Kier molecular flexibility index (Phi) is 6.89. The lowest BCUT2D eigenvalue weighted by molar-refractivity contribution is -0.137. The minimum atomic E-state index is -4.57. The number of hydrogen-bond donors (Lipinski definition) is 2. The minimum absolute atomic E-state index is 0.0201. The van der Waals surface area contributed by atoms with E-state index in [2.05, 4.69) is 10.0 Å². The Labute approximate surface area is 193 Å². The minimum Gasteiger partial charge on any atom is -0.495 e. The van der Waals surface area contributed by atoms with Gasteiger partial charge in [0, 0.05) is 16.3 Å². The van der Waals surface area contributed by atoms with E-state index in [4.69, 9.17) is 16.3 Å². The first-order chi connectivity index (χ1) is 15.4. The summed E-state index contributed by atoms with van der Waals surface area (Å²) >= 11 is 5.94. The summed E-state index contributed by atoms with van der Waals surface area (Å²) < 4.78 is 72.1. The van der Waals surface area contributed by atoms with Crippen molar-refractivity contribution in [1.29, 1.82) is 0 Å². The molecule has 33 heavy (non-hydrogen) atoms. The van der Waals surface area contributed by atoms with Crippen molar-refractivity contribution < 1.29 is 31.1 Å². The lowest BCUT2D eigenvalue weighted by Gasteiger charge is -2.14. The SMILES string of the molecule is COc1ccc(Cl)cc1NS(=O)(=O)c1ccc(C)c(C(=O)Nc2cccc(C(F)(F)F)c2)c1. The highest BCUT2D eigenvalue weighted by atomic mass is 35.5. The van der Waals surface area contributed by atoms with Crippen LogP contribution in [0.1, 0.15) is 21.5 Å². The Balaban J connectivity index is 1.90. The van der Waals surface area contributed by atoms with Gasteiger partial charge >= 0.3 is 6.18 Å². The van der Waals surface area contributed by atoms with Gasteiger partial charge in [0.25, 0.3) is 15.9 Å². The van der Waals surface area contributed by atoms with Crippen LogP contribution in [0.25, 0.3) is 0 Å². The Hall–Kier alpha value is -3.24. The molecule has 0 unspecified atom stereocenters. The van der Waals surface area contributed by atoms with E-state index in [1.807, 2.05) is 0 Å². The smallest absolute Gasteiger partial charge is 0.416 e. The number of halogens is 4. The maximum Gasteiger partial charge on any atom is 0.416 e. The Morgan fingerprint density at radius 1 is 1.03 bits per heavy atom. The number of carbonyl (C=O) groups is 1. The van der Waals surface area contributed by atoms with Crippen LogP contribution in [-0.4, -0.2) is 21.4 Å². The topological polar surface area (TPSA) is 84.5 Å². The molecule has 3 rings (SSSR count). The van der Waals surface area contributed by atoms with E-state index in [9.17, 15) is 26.4 Å². The van der Waals surface area contributed by atoms with Crippen LogP contribution in [-0.2, 0) is 16.2 Å². The second-order valence-corrected chi connectivity index (χ2v) is 9.08. The predicted molar refractivity (Wildman–Crippen MR) is 119 cm³/mol. The number of hydrogen-bond acceptors (Lipinski definition) is 4. The molecule has 11 heteroatoms. The lowest BCUT2D eigenvalue weighted by atomic mass is 10.1. The predicted octanol–water partition coefficient (Wildman–Crippen LogP) is 5.73. The maximum absolute atomic E-state index is 12.9. The Bertz CT molecular complexity index is 1310. The second kappa shape index (κ2) is 9.32. The fourth-order valence-electron chi connectivity index (χ4n) is 2.95. The molecule has 0 fully saturated rings. The molecular weight excluding hydrogens is 481 g/mol. The third kappa shape index (κ3) is 5.77. The molecule has 0 aliphatic carbocycles. The first-order valence-electron chi connectivity index (χ1n) is 9.36. The van der Waals surface area contributed by atoms with Crippen molar-refractivity contribution >= 4 is 38.9 Å². The molecule has 0 radical (unpaired) electrons. The first kappa shape index (κ1) is 24.4. The third-order valence-corrected chi connectivity index (χ3v) is 6.22. The van der Waals surface area contributed by atoms with Crippen LogP contribution in [0, 0.1) is 6.92 Å². The van der Waals surface area contributed by atoms with Gasteiger partial charge in [-0.25, -0.2) is 8.42 Å². The van der Waals surface area contributed by atoms with Gasteiger partial charge in [-0.2, -0.15) is 13.2 Å². The van der Waals surface area contributed by atoms with Crippen molar-refractivity contribution in [1.82, 2.24) is 0 Å². The summed E-state index contributed by atoms with van der Waals surface area (Å²) in [5, 5.41) is 2.65. The average Bonchev–Trinajstić information content (AvgIpc) is 2.73. The van der Waals surface area contributed by atoms with E-state index in [1.165, 1.54) is 43.5 Å². The van der Waals surface area contributed by atoms with Crippen molar-refractivity contribution in [2.45, 2.75) is 18.0 Å². The van der Waals surface area contributed by atoms with E-state index < -0.39 is 27.7 Å². The molecule has 6 nitrogen and oxygen atoms in total. The van der Waals surface area contributed by atoms with Crippen LogP contribution in [0.2, 0.25) is 5.02 Å². The summed E-state index contributed by atoms with van der Waals surface area (Å²) in [5.74, 6) is -0.526. The van der Waals surface area contributed by atoms with Crippen LogP contribution in [0.15, 0.2) is 65.6 Å². The normalized spacial score (nSPS) is 11.7. The summed E-state index contributed by atoms with van der Waals surface area (Å²) in [4.78, 5) is 12.5. The van der Waals surface area contributed by atoms with Gasteiger partial charge < -0.3 is 10.1 Å². The molecule has 0 aliphatic heterocycles. The number of anilines is 2. The molecule has 0 spiro atoms. The molecule has 3 aromatic rings. The Morgan fingerprint density at radius 3 is 2.42 bits per heavy atom. The molecule has 0 saturated carbocycles. The molecule has 0 atom stereocenters. The number of carbonyl (C=O) groups excluding carboxylic acids is 1. The van der Waals surface area contributed by atoms with E-state index >= 15 is 0 Å². The molecular formula is C22H18ClF3N2O4S. The van der Waals surface area contributed by atoms with Gasteiger partial charge in [0.1, 0.15) is 5.75 Å². The van der Waals surface area contributed by atoms with Gasteiger partial charge in [0.2, 0.25) is 0 Å². The molecule has 3 aromatic carbocycles. The number of nitrogens with one attached hydrogen (secondary N) is 2. The number of benzene rings is 3. The molecule has 0 aliphatic rings. The molecule has 2 N–H and O–H groups in total. The fourth-order valence-corrected chi connectivity index (χ4v) is 4.21. The highest BCUT2D eigenvalue weighted by molar-refractivity contribution is 7.92. The molecule has 0 saturated heterocycles. The third-order valence-electron chi connectivity index (χ3n) is 4.62. The number of aryl methyl sites for hydroxylation is 1. The van der Waals surface area contributed by atoms with E-state index in [1.54, 1.807) is 6.92 Å². The van der Waals surface area contributed by atoms with E-state index in [-0.39, 0.29) is 32.6 Å². The molecule has 1 amide bonds. The van der Waals surface area contributed by atoms with Gasteiger partial charge in [-0.1, -0.05) is 23.7 Å². The van der Waals surface area contributed by atoms with Crippen LogP contribution in [0.4, 0.5) is 24.5 Å².